The minimum absolute atomic E-state index is 0.660. The first-order chi connectivity index (χ1) is 8.38. The van der Waals surface area contributed by atoms with Gasteiger partial charge >= 0.3 is 0 Å². The van der Waals surface area contributed by atoms with Gasteiger partial charge in [0.05, 0.1) is 0 Å². The van der Waals surface area contributed by atoms with E-state index in [1.165, 1.54) is 31.5 Å². The average molecular weight is 230 g/mol. The molecule has 1 heterocycles. The maximum absolute atomic E-state index is 3.74. The van der Waals surface area contributed by atoms with Crippen LogP contribution in [0.15, 0.2) is 30.3 Å². The number of rotatable bonds is 3. The van der Waals surface area contributed by atoms with E-state index in [0.717, 1.165) is 18.5 Å². The lowest BCUT2D eigenvalue weighted by molar-refractivity contribution is 0.360. The summed E-state index contributed by atoms with van der Waals surface area (Å²) in [5.74, 6) is 0.944. The Morgan fingerprint density at radius 2 is 2.00 bits per heavy atom. The number of para-hydroxylation sites is 1. The Kier molecular flexibility index (Phi) is 3.06. The van der Waals surface area contributed by atoms with Gasteiger partial charge in [-0.1, -0.05) is 25.1 Å². The fourth-order valence-electron chi connectivity index (χ4n) is 2.94. The van der Waals surface area contributed by atoms with Gasteiger partial charge in [0.25, 0.3) is 0 Å². The number of hydrogen-bond donors (Lipinski definition) is 1. The molecule has 2 unspecified atom stereocenters. The molecule has 3 rings (SSSR count). The minimum atomic E-state index is 0.660. The summed E-state index contributed by atoms with van der Waals surface area (Å²) < 4.78 is 0. The van der Waals surface area contributed by atoms with Gasteiger partial charge in [-0.25, -0.2) is 0 Å². The summed E-state index contributed by atoms with van der Waals surface area (Å²) in [7, 11) is 0. The van der Waals surface area contributed by atoms with E-state index >= 15 is 0 Å². The number of piperazine rings is 1. The Hall–Kier alpha value is -1.02. The van der Waals surface area contributed by atoms with Crippen LogP contribution in [0, 0.1) is 5.92 Å². The molecule has 2 atom stereocenters. The molecule has 0 amide bonds. The highest BCUT2D eigenvalue weighted by Gasteiger charge is 2.36. The highest BCUT2D eigenvalue weighted by Crippen LogP contribution is 2.35. The molecule has 1 N–H and O–H groups in total. The van der Waals surface area contributed by atoms with Gasteiger partial charge in [-0.2, -0.15) is 0 Å². The normalized spacial score (nSPS) is 29.4. The molecular formula is C15H22N2. The second-order valence-electron chi connectivity index (χ2n) is 5.40. The van der Waals surface area contributed by atoms with Crippen LogP contribution in [0.25, 0.3) is 0 Å². The zero-order chi connectivity index (χ0) is 11.7. The first-order valence-corrected chi connectivity index (χ1v) is 6.93. The third-order valence-electron chi connectivity index (χ3n) is 4.20. The first kappa shape index (κ1) is 11.1. The standard InChI is InChI=1S/C15H22N2/c1-2-13-10-16-15(12-8-9-12)11-17(13)14-6-4-3-5-7-14/h3-7,12-13,15-16H,2,8-11H2,1H3. The van der Waals surface area contributed by atoms with Gasteiger partial charge in [0.15, 0.2) is 0 Å². The fourth-order valence-corrected chi connectivity index (χ4v) is 2.94. The lowest BCUT2D eigenvalue weighted by Crippen LogP contribution is -2.57. The molecule has 0 spiro atoms. The van der Waals surface area contributed by atoms with E-state index < -0.39 is 0 Å². The van der Waals surface area contributed by atoms with E-state index in [9.17, 15) is 0 Å². The average Bonchev–Trinajstić information content (AvgIpc) is 3.23. The number of benzene rings is 1. The molecule has 1 aliphatic heterocycles. The summed E-state index contributed by atoms with van der Waals surface area (Å²) >= 11 is 0. The highest BCUT2D eigenvalue weighted by atomic mass is 15.2. The lowest BCUT2D eigenvalue weighted by Gasteiger charge is -2.42. The molecule has 1 saturated heterocycles. The van der Waals surface area contributed by atoms with Crippen LogP contribution in [0.5, 0.6) is 0 Å². The van der Waals surface area contributed by atoms with E-state index in [-0.39, 0.29) is 0 Å². The van der Waals surface area contributed by atoms with Crippen LogP contribution >= 0.6 is 0 Å². The van der Waals surface area contributed by atoms with Gasteiger partial charge in [-0.3, -0.25) is 0 Å². The molecule has 1 aliphatic carbocycles. The molecule has 2 nitrogen and oxygen atoms in total. The molecule has 0 aromatic heterocycles. The predicted octanol–water partition coefficient (Wildman–Crippen LogP) is 2.65. The van der Waals surface area contributed by atoms with Gasteiger partial charge in [0.1, 0.15) is 0 Å². The van der Waals surface area contributed by atoms with Gasteiger partial charge in [0.2, 0.25) is 0 Å². The van der Waals surface area contributed by atoms with Crippen LogP contribution in [-0.4, -0.2) is 25.2 Å². The summed E-state index contributed by atoms with van der Waals surface area (Å²) in [6.07, 6.45) is 4.08. The Labute approximate surface area is 104 Å². The predicted molar refractivity (Wildman–Crippen MR) is 72.4 cm³/mol. The van der Waals surface area contributed by atoms with Gasteiger partial charge < -0.3 is 10.2 Å². The van der Waals surface area contributed by atoms with Crippen molar-refractivity contribution in [3.8, 4) is 0 Å². The van der Waals surface area contributed by atoms with E-state index in [0.29, 0.717) is 6.04 Å². The molecule has 1 aromatic rings. The molecule has 1 aromatic carbocycles. The van der Waals surface area contributed by atoms with Crippen molar-refractivity contribution in [3.63, 3.8) is 0 Å². The summed E-state index contributed by atoms with van der Waals surface area (Å²) in [6, 6.07) is 12.3. The molecule has 2 aliphatic rings. The summed E-state index contributed by atoms with van der Waals surface area (Å²) in [5.41, 5.74) is 1.39. The van der Waals surface area contributed by atoms with Crippen LogP contribution in [0.4, 0.5) is 5.69 Å². The molecule has 1 saturated carbocycles. The maximum Gasteiger partial charge on any atom is 0.0412 e. The lowest BCUT2D eigenvalue weighted by atomic mass is 10.0. The zero-order valence-corrected chi connectivity index (χ0v) is 10.6. The fraction of sp³-hybridized carbons (Fsp3) is 0.600. The Morgan fingerprint density at radius 1 is 1.24 bits per heavy atom. The van der Waals surface area contributed by atoms with Crippen molar-refractivity contribution in [3.05, 3.63) is 30.3 Å². The zero-order valence-electron chi connectivity index (χ0n) is 10.6. The van der Waals surface area contributed by atoms with Crippen molar-refractivity contribution < 1.29 is 0 Å². The smallest absolute Gasteiger partial charge is 0.0412 e. The van der Waals surface area contributed by atoms with E-state index in [1.807, 2.05) is 0 Å². The van der Waals surface area contributed by atoms with Crippen molar-refractivity contribution in [1.29, 1.82) is 0 Å². The highest BCUT2D eigenvalue weighted by molar-refractivity contribution is 5.48. The molecule has 0 radical (unpaired) electrons. The van der Waals surface area contributed by atoms with Gasteiger partial charge in [0, 0.05) is 30.9 Å². The minimum Gasteiger partial charge on any atom is -0.366 e. The topological polar surface area (TPSA) is 15.3 Å². The summed E-state index contributed by atoms with van der Waals surface area (Å²) in [4.78, 5) is 2.61. The number of nitrogens with zero attached hydrogens (tertiary/aromatic N) is 1. The molecule has 0 bridgehead atoms. The maximum atomic E-state index is 3.74. The van der Waals surface area contributed by atoms with Crippen molar-refractivity contribution in [1.82, 2.24) is 5.32 Å². The van der Waals surface area contributed by atoms with Crippen LogP contribution in [0.2, 0.25) is 0 Å². The Bertz CT molecular complexity index is 358. The summed E-state index contributed by atoms with van der Waals surface area (Å²) in [6.45, 7) is 4.62. The quantitative estimate of drug-likeness (QED) is 0.859. The van der Waals surface area contributed by atoms with Gasteiger partial charge in [-0.05, 0) is 37.3 Å². The van der Waals surface area contributed by atoms with Crippen molar-refractivity contribution >= 4 is 5.69 Å². The number of hydrogen-bond acceptors (Lipinski definition) is 2. The number of anilines is 1. The second-order valence-corrected chi connectivity index (χ2v) is 5.40. The van der Waals surface area contributed by atoms with E-state index in [2.05, 4.69) is 47.5 Å². The monoisotopic (exact) mass is 230 g/mol. The molecular weight excluding hydrogens is 208 g/mol. The largest absolute Gasteiger partial charge is 0.366 e. The van der Waals surface area contributed by atoms with Crippen LogP contribution in [0.1, 0.15) is 26.2 Å². The van der Waals surface area contributed by atoms with Crippen molar-refractivity contribution in [2.24, 2.45) is 5.92 Å². The van der Waals surface area contributed by atoms with Crippen LogP contribution in [-0.2, 0) is 0 Å². The third-order valence-corrected chi connectivity index (χ3v) is 4.20. The van der Waals surface area contributed by atoms with Gasteiger partial charge in [-0.15, -0.1) is 0 Å². The van der Waals surface area contributed by atoms with Crippen LogP contribution in [0.3, 0.4) is 0 Å². The second kappa shape index (κ2) is 4.69. The van der Waals surface area contributed by atoms with Crippen molar-refractivity contribution in [2.45, 2.75) is 38.3 Å². The molecule has 17 heavy (non-hydrogen) atoms. The van der Waals surface area contributed by atoms with E-state index in [4.69, 9.17) is 0 Å². The van der Waals surface area contributed by atoms with Crippen molar-refractivity contribution in [2.75, 3.05) is 18.0 Å². The SMILES string of the molecule is CCC1CNC(C2CC2)CN1c1ccccc1. The Balaban J connectivity index is 1.77. The Morgan fingerprint density at radius 3 is 2.65 bits per heavy atom. The molecule has 2 fully saturated rings. The first-order valence-electron chi connectivity index (χ1n) is 6.93. The third kappa shape index (κ3) is 2.32. The summed E-state index contributed by atoms with van der Waals surface area (Å²) in [5, 5.41) is 3.74. The molecule has 92 valence electrons. The molecule has 2 heteroatoms. The number of nitrogens with one attached hydrogen (secondary N) is 1. The van der Waals surface area contributed by atoms with Crippen LogP contribution < -0.4 is 10.2 Å². The van der Waals surface area contributed by atoms with E-state index in [1.54, 1.807) is 0 Å².